The van der Waals surface area contributed by atoms with Crippen LogP contribution in [0.5, 0.6) is 0 Å². The van der Waals surface area contributed by atoms with Crippen molar-refractivity contribution in [2.24, 2.45) is 0 Å². The molecule has 0 saturated carbocycles. The predicted octanol–water partition coefficient (Wildman–Crippen LogP) is 2.63. The lowest BCUT2D eigenvalue weighted by atomic mass is 10.2. The van der Waals surface area contributed by atoms with Gasteiger partial charge in [-0.1, -0.05) is 24.9 Å². The molecule has 0 aliphatic heterocycles. The molecule has 0 radical (unpaired) electrons. The van der Waals surface area contributed by atoms with Gasteiger partial charge >= 0.3 is 0 Å². The van der Waals surface area contributed by atoms with Crippen molar-refractivity contribution in [3.63, 3.8) is 0 Å². The van der Waals surface area contributed by atoms with Gasteiger partial charge in [0.2, 0.25) is 11.8 Å². The molecule has 5 nitrogen and oxygen atoms in total. The number of carbonyl (C=O) groups is 2. The molecule has 20 heavy (non-hydrogen) atoms. The second-order valence-corrected chi connectivity index (χ2v) is 4.86. The molecular formula is C14H20ClN3O2. The summed E-state index contributed by atoms with van der Waals surface area (Å²) < 4.78 is 0. The zero-order valence-corrected chi connectivity index (χ0v) is 12.5. The molecule has 0 heterocycles. The minimum atomic E-state index is -0.192. The van der Waals surface area contributed by atoms with Crippen LogP contribution in [0.2, 0.25) is 5.02 Å². The molecule has 1 aromatic rings. The quantitative estimate of drug-likeness (QED) is 0.678. The Bertz CT molecular complexity index is 477. The van der Waals surface area contributed by atoms with Crippen LogP contribution in [0.15, 0.2) is 18.2 Å². The third kappa shape index (κ3) is 5.93. The topological polar surface area (TPSA) is 70.2 Å². The minimum absolute atomic E-state index is 0.0813. The number of anilines is 2. The number of benzene rings is 1. The van der Waals surface area contributed by atoms with Gasteiger partial charge in [0.1, 0.15) is 0 Å². The maximum atomic E-state index is 11.6. The number of amides is 2. The number of hydrogen-bond donors (Lipinski definition) is 3. The third-order valence-electron chi connectivity index (χ3n) is 2.58. The van der Waals surface area contributed by atoms with Gasteiger partial charge in [0.05, 0.1) is 17.9 Å². The van der Waals surface area contributed by atoms with E-state index >= 15 is 0 Å². The summed E-state index contributed by atoms with van der Waals surface area (Å²) in [7, 11) is 0. The summed E-state index contributed by atoms with van der Waals surface area (Å²) in [5.74, 6) is -0.273. The SMILES string of the molecule is CCCCNC(=O)CNc1ccc(Cl)cc1NC(C)=O. The molecule has 0 aromatic heterocycles. The van der Waals surface area contributed by atoms with Gasteiger partial charge in [0.25, 0.3) is 0 Å². The second kappa shape index (κ2) is 8.43. The molecule has 0 aliphatic rings. The average Bonchev–Trinajstić information content (AvgIpc) is 2.37. The molecule has 1 aromatic carbocycles. The Hall–Kier alpha value is -1.75. The minimum Gasteiger partial charge on any atom is -0.374 e. The molecular weight excluding hydrogens is 278 g/mol. The van der Waals surface area contributed by atoms with Crippen molar-refractivity contribution in [3.05, 3.63) is 23.2 Å². The fourth-order valence-electron chi connectivity index (χ4n) is 1.61. The van der Waals surface area contributed by atoms with Crippen molar-refractivity contribution in [1.82, 2.24) is 5.32 Å². The van der Waals surface area contributed by atoms with Crippen molar-refractivity contribution in [2.45, 2.75) is 26.7 Å². The third-order valence-corrected chi connectivity index (χ3v) is 2.82. The van der Waals surface area contributed by atoms with Crippen molar-refractivity contribution in [2.75, 3.05) is 23.7 Å². The molecule has 0 aliphatic carbocycles. The Kier molecular flexibility index (Phi) is 6.87. The molecule has 6 heteroatoms. The van der Waals surface area contributed by atoms with Crippen LogP contribution in [0.25, 0.3) is 0 Å². The first-order valence-electron chi connectivity index (χ1n) is 6.60. The van der Waals surface area contributed by atoms with Gasteiger partial charge in [-0.05, 0) is 24.6 Å². The second-order valence-electron chi connectivity index (χ2n) is 4.43. The van der Waals surface area contributed by atoms with Gasteiger partial charge in [0.15, 0.2) is 0 Å². The van der Waals surface area contributed by atoms with Crippen LogP contribution in [0.4, 0.5) is 11.4 Å². The van der Waals surface area contributed by atoms with Gasteiger partial charge in [-0.3, -0.25) is 9.59 Å². The Morgan fingerprint density at radius 2 is 2.00 bits per heavy atom. The summed E-state index contributed by atoms with van der Waals surface area (Å²) >= 11 is 5.89. The van der Waals surface area contributed by atoms with Gasteiger partial charge in [0, 0.05) is 18.5 Å². The van der Waals surface area contributed by atoms with Crippen LogP contribution in [0, 0.1) is 0 Å². The first-order valence-corrected chi connectivity index (χ1v) is 6.98. The molecule has 2 amide bonds. The molecule has 3 N–H and O–H groups in total. The van der Waals surface area contributed by atoms with E-state index < -0.39 is 0 Å². The molecule has 0 atom stereocenters. The fourth-order valence-corrected chi connectivity index (χ4v) is 1.78. The van der Waals surface area contributed by atoms with Gasteiger partial charge in [-0.25, -0.2) is 0 Å². The van der Waals surface area contributed by atoms with Crippen LogP contribution in [-0.4, -0.2) is 24.9 Å². The van der Waals surface area contributed by atoms with E-state index in [0.29, 0.717) is 22.9 Å². The molecule has 0 spiro atoms. The van der Waals surface area contributed by atoms with E-state index in [4.69, 9.17) is 11.6 Å². The van der Waals surface area contributed by atoms with Crippen molar-refractivity contribution < 1.29 is 9.59 Å². The first-order chi connectivity index (χ1) is 9.52. The maximum Gasteiger partial charge on any atom is 0.239 e. The summed E-state index contributed by atoms with van der Waals surface area (Å²) in [5, 5.41) is 8.99. The summed E-state index contributed by atoms with van der Waals surface area (Å²) in [4.78, 5) is 22.7. The average molecular weight is 298 g/mol. The van der Waals surface area contributed by atoms with Crippen LogP contribution in [0.3, 0.4) is 0 Å². The van der Waals surface area contributed by atoms with Crippen molar-refractivity contribution in [3.8, 4) is 0 Å². The fraction of sp³-hybridized carbons (Fsp3) is 0.429. The van der Waals surface area contributed by atoms with E-state index in [1.807, 2.05) is 0 Å². The lowest BCUT2D eigenvalue weighted by Crippen LogP contribution is -2.30. The standard InChI is InChI=1S/C14H20ClN3O2/c1-3-4-7-16-14(20)9-17-12-6-5-11(15)8-13(12)18-10(2)19/h5-6,8,17H,3-4,7,9H2,1-2H3,(H,16,20)(H,18,19). The Morgan fingerprint density at radius 3 is 2.65 bits per heavy atom. The molecule has 110 valence electrons. The lowest BCUT2D eigenvalue weighted by molar-refractivity contribution is -0.119. The number of halogens is 1. The molecule has 1 rings (SSSR count). The highest BCUT2D eigenvalue weighted by Crippen LogP contribution is 2.25. The Balaban J connectivity index is 2.58. The first kappa shape index (κ1) is 16.3. The van der Waals surface area contributed by atoms with Crippen LogP contribution in [-0.2, 0) is 9.59 Å². The highest BCUT2D eigenvalue weighted by Gasteiger charge is 2.07. The predicted molar refractivity (Wildman–Crippen MR) is 82.2 cm³/mol. The zero-order valence-electron chi connectivity index (χ0n) is 11.8. The van der Waals surface area contributed by atoms with E-state index in [1.54, 1.807) is 18.2 Å². The lowest BCUT2D eigenvalue weighted by Gasteiger charge is -2.12. The van der Waals surface area contributed by atoms with Crippen LogP contribution >= 0.6 is 11.6 Å². The number of rotatable bonds is 7. The zero-order chi connectivity index (χ0) is 15.0. The highest BCUT2D eigenvalue weighted by atomic mass is 35.5. The highest BCUT2D eigenvalue weighted by molar-refractivity contribution is 6.31. The van der Waals surface area contributed by atoms with Crippen molar-refractivity contribution >= 4 is 34.8 Å². The van der Waals surface area contributed by atoms with E-state index in [1.165, 1.54) is 6.92 Å². The molecule has 0 saturated heterocycles. The van der Waals surface area contributed by atoms with Gasteiger partial charge in [-0.15, -0.1) is 0 Å². The smallest absolute Gasteiger partial charge is 0.239 e. The number of carbonyl (C=O) groups excluding carboxylic acids is 2. The summed E-state index contributed by atoms with van der Waals surface area (Å²) in [5.41, 5.74) is 1.22. The van der Waals surface area contributed by atoms with Gasteiger partial charge < -0.3 is 16.0 Å². The molecule has 0 unspecified atom stereocenters. The van der Waals surface area contributed by atoms with E-state index in [2.05, 4.69) is 22.9 Å². The van der Waals surface area contributed by atoms with Crippen LogP contribution < -0.4 is 16.0 Å². The Labute approximate surface area is 124 Å². The largest absolute Gasteiger partial charge is 0.374 e. The number of unbranched alkanes of at least 4 members (excludes halogenated alkanes) is 1. The monoisotopic (exact) mass is 297 g/mol. The van der Waals surface area contributed by atoms with E-state index in [0.717, 1.165) is 12.8 Å². The molecule has 0 fully saturated rings. The van der Waals surface area contributed by atoms with Crippen molar-refractivity contribution in [1.29, 1.82) is 0 Å². The molecule has 0 bridgehead atoms. The van der Waals surface area contributed by atoms with E-state index in [9.17, 15) is 9.59 Å². The Morgan fingerprint density at radius 1 is 1.25 bits per heavy atom. The van der Waals surface area contributed by atoms with Gasteiger partial charge in [-0.2, -0.15) is 0 Å². The summed E-state index contributed by atoms with van der Waals surface area (Å²) in [6.45, 7) is 4.31. The summed E-state index contributed by atoms with van der Waals surface area (Å²) in [6.07, 6.45) is 2.00. The van der Waals surface area contributed by atoms with E-state index in [-0.39, 0.29) is 18.4 Å². The van der Waals surface area contributed by atoms with Crippen LogP contribution in [0.1, 0.15) is 26.7 Å². The summed E-state index contributed by atoms with van der Waals surface area (Å²) in [6, 6.07) is 5.07. The number of nitrogens with one attached hydrogen (secondary N) is 3. The number of hydrogen-bond acceptors (Lipinski definition) is 3. The normalized spacial score (nSPS) is 9.95. The maximum absolute atomic E-state index is 11.6.